The molecule has 1 aromatic heterocycles. The zero-order valence-corrected chi connectivity index (χ0v) is 19.1. The molecule has 0 bridgehead atoms. The van der Waals surface area contributed by atoms with Crippen molar-refractivity contribution in [3.63, 3.8) is 0 Å². The summed E-state index contributed by atoms with van der Waals surface area (Å²) in [5.41, 5.74) is 1.13. The monoisotopic (exact) mass is 486 g/mol. The van der Waals surface area contributed by atoms with Crippen molar-refractivity contribution in [2.45, 2.75) is 26.0 Å². The molecule has 7 heteroatoms. The highest BCUT2D eigenvalue weighted by atomic mass is 127. The lowest BCUT2D eigenvalue weighted by molar-refractivity contribution is 0.222. The number of aryl methyl sites for hydroxylation is 1. The number of furan rings is 1. The number of likely N-dealkylation sites (N-methyl/N-ethyl adjacent to an activating group) is 1. The number of hydrogen-bond acceptors (Lipinski definition) is 4. The summed E-state index contributed by atoms with van der Waals surface area (Å²) in [6.07, 6.45) is 1.72. The quantitative estimate of drug-likeness (QED) is 0.340. The second-order valence-electron chi connectivity index (χ2n) is 6.52. The van der Waals surface area contributed by atoms with E-state index >= 15 is 0 Å². The smallest absolute Gasteiger partial charge is 0.191 e. The number of guanidine groups is 1. The minimum atomic E-state index is 0. The number of para-hydroxylation sites is 1. The molecule has 150 valence electrons. The van der Waals surface area contributed by atoms with Crippen LogP contribution in [0.5, 0.6) is 5.75 Å². The Kier molecular flexibility index (Phi) is 10.2. The summed E-state index contributed by atoms with van der Waals surface area (Å²) in [4.78, 5) is 6.40. The Hall–Kier alpha value is -1.74. The van der Waals surface area contributed by atoms with Gasteiger partial charge in [-0.2, -0.15) is 0 Å². The molecule has 0 radical (unpaired) electrons. The third-order valence-electron chi connectivity index (χ3n) is 4.16. The predicted molar refractivity (Wildman–Crippen MR) is 121 cm³/mol. The average Bonchev–Trinajstić information content (AvgIpc) is 3.14. The largest absolute Gasteiger partial charge is 0.489 e. The summed E-state index contributed by atoms with van der Waals surface area (Å²) in [5, 5.41) is 6.66. The Balaban J connectivity index is 0.00000364. The summed E-state index contributed by atoms with van der Waals surface area (Å²) in [5.74, 6) is 2.58. The average molecular weight is 486 g/mol. The van der Waals surface area contributed by atoms with Gasteiger partial charge >= 0.3 is 0 Å². The van der Waals surface area contributed by atoms with Gasteiger partial charge in [0.15, 0.2) is 5.96 Å². The Morgan fingerprint density at radius 2 is 1.85 bits per heavy atom. The zero-order chi connectivity index (χ0) is 18.9. The van der Waals surface area contributed by atoms with E-state index in [1.54, 1.807) is 13.3 Å². The fraction of sp³-hybridized carbons (Fsp3) is 0.450. The van der Waals surface area contributed by atoms with E-state index in [-0.39, 0.29) is 36.1 Å². The minimum Gasteiger partial charge on any atom is -0.489 e. The van der Waals surface area contributed by atoms with Crippen LogP contribution in [0.1, 0.15) is 24.3 Å². The molecule has 0 saturated heterocycles. The maximum atomic E-state index is 5.99. The van der Waals surface area contributed by atoms with Crippen LogP contribution in [0.25, 0.3) is 0 Å². The maximum absolute atomic E-state index is 5.99. The van der Waals surface area contributed by atoms with Gasteiger partial charge in [0.2, 0.25) is 0 Å². The van der Waals surface area contributed by atoms with Crippen molar-refractivity contribution in [1.82, 2.24) is 15.5 Å². The Labute approximate surface area is 179 Å². The first kappa shape index (κ1) is 23.3. The normalized spacial score (nSPS) is 13.6. The fourth-order valence-electron chi connectivity index (χ4n) is 2.62. The fourth-order valence-corrected chi connectivity index (χ4v) is 2.62. The first-order valence-corrected chi connectivity index (χ1v) is 8.88. The van der Waals surface area contributed by atoms with Crippen molar-refractivity contribution in [2.24, 2.45) is 4.99 Å². The second-order valence-corrected chi connectivity index (χ2v) is 6.52. The van der Waals surface area contributed by atoms with E-state index in [4.69, 9.17) is 9.15 Å². The van der Waals surface area contributed by atoms with Crippen molar-refractivity contribution in [3.05, 3.63) is 54.0 Å². The van der Waals surface area contributed by atoms with Crippen molar-refractivity contribution in [2.75, 3.05) is 34.2 Å². The Morgan fingerprint density at radius 3 is 2.44 bits per heavy atom. The lowest BCUT2D eigenvalue weighted by Crippen LogP contribution is -2.44. The number of benzene rings is 1. The molecule has 2 rings (SSSR count). The Bertz CT molecular complexity index is 689. The molecule has 0 aliphatic rings. The van der Waals surface area contributed by atoms with Gasteiger partial charge in [0.25, 0.3) is 0 Å². The molecule has 2 N–H and O–H groups in total. The summed E-state index contributed by atoms with van der Waals surface area (Å²) in [6.45, 7) is 5.43. The van der Waals surface area contributed by atoms with Crippen LogP contribution in [0.15, 0.2) is 52.1 Å². The van der Waals surface area contributed by atoms with Crippen LogP contribution in [-0.4, -0.2) is 51.2 Å². The number of hydrogen-bond donors (Lipinski definition) is 2. The van der Waals surface area contributed by atoms with Crippen LogP contribution >= 0.6 is 24.0 Å². The Morgan fingerprint density at radius 1 is 1.15 bits per heavy atom. The van der Waals surface area contributed by atoms with E-state index in [1.165, 1.54) is 0 Å². The van der Waals surface area contributed by atoms with Gasteiger partial charge in [0.05, 0.1) is 18.8 Å². The SMILES string of the molecule is CN=C(NCC(C)Oc1ccccc1C)NCC(c1ccco1)N(C)C.I. The molecule has 2 unspecified atom stereocenters. The second kappa shape index (κ2) is 11.9. The highest BCUT2D eigenvalue weighted by molar-refractivity contribution is 14.0. The maximum Gasteiger partial charge on any atom is 0.191 e. The molecule has 0 fully saturated rings. The molecule has 6 nitrogen and oxygen atoms in total. The molecule has 0 aliphatic carbocycles. The summed E-state index contributed by atoms with van der Waals surface area (Å²) in [7, 11) is 5.83. The van der Waals surface area contributed by atoms with Crippen molar-refractivity contribution < 1.29 is 9.15 Å². The van der Waals surface area contributed by atoms with Crippen LogP contribution < -0.4 is 15.4 Å². The van der Waals surface area contributed by atoms with E-state index in [2.05, 4.69) is 20.5 Å². The third-order valence-corrected chi connectivity index (χ3v) is 4.16. The first-order chi connectivity index (χ1) is 12.5. The van der Waals surface area contributed by atoms with E-state index in [1.807, 2.05) is 64.3 Å². The summed E-state index contributed by atoms with van der Waals surface area (Å²) in [6, 6.07) is 12.1. The van der Waals surface area contributed by atoms with Gasteiger partial charge in [0, 0.05) is 13.6 Å². The van der Waals surface area contributed by atoms with Crippen LogP contribution in [0.4, 0.5) is 0 Å². The first-order valence-electron chi connectivity index (χ1n) is 8.88. The van der Waals surface area contributed by atoms with E-state index in [0.717, 1.165) is 23.0 Å². The van der Waals surface area contributed by atoms with Crippen molar-refractivity contribution in [3.8, 4) is 5.75 Å². The summed E-state index contributed by atoms with van der Waals surface area (Å²) < 4.78 is 11.5. The lowest BCUT2D eigenvalue weighted by atomic mass is 10.2. The van der Waals surface area contributed by atoms with Gasteiger partial charge in [-0.1, -0.05) is 18.2 Å². The zero-order valence-electron chi connectivity index (χ0n) is 16.7. The number of halogens is 1. The topological polar surface area (TPSA) is 62.0 Å². The molecule has 1 aromatic carbocycles. The number of ether oxygens (including phenoxy) is 1. The van der Waals surface area contributed by atoms with E-state index in [9.17, 15) is 0 Å². The molecule has 1 heterocycles. The molecule has 0 amide bonds. The molecule has 2 aromatic rings. The van der Waals surface area contributed by atoms with E-state index < -0.39 is 0 Å². The van der Waals surface area contributed by atoms with Crippen molar-refractivity contribution >= 4 is 29.9 Å². The van der Waals surface area contributed by atoms with Gasteiger partial charge in [0.1, 0.15) is 17.6 Å². The number of nitrogens with one attached hydrogen (secondary N) is 2. The third kappa shape index (κ3) is 7.42. The van der Waals surface area contributed by atoms with Gasteiger partial charge in [-0.3, -0.25) is 9.89 Å². The number of nitrogens with zero attached hydrogens (tertiary/aromatic N) is 2. The van der Waals surface area contributed by atoms with Crippen LogP contribution in [0, 0.1) is 6.92 Å². The predicted octanol–water partition coefficient (Wildman–Crippen LogP) is 3.44. The van der Waals surface area contributed by atoms with Crippen LogP contribution in [0.3, 0.4) is 0 Å². The van der Waals surface area contributed by atoms with E-state index in [0.29, 0.717) is 13.1 Å². The standard InChI is InChI=1S/C20H30N4O2.HI/c1-15-9-6-7-10-18(15)26-16(2)13-22-20(21-3)23-14-17(24(4)5)19-11-8-12-25-19;/h6-12,16-17H,13-14H2,1-5H3,(H2,21,22,23);1H. The molecular formula is C20H31IN4O2. The minimum absolute atomic E-state index is 0. The number of aliphatic imine (C=N–C) groups is 1. The summed E-state index contributed by atoms with van der Waals surface area (Å²) >= 11 is 0. The lowest BCUT2D eigenvalue weighted by Gasteiger charge is -2.24. The van der Waals surface area contributed by atoms with Gasteiger partial charge in [-0.05, 0) is 51.7 Å². The van der Waals surface area contributed by atoms with Crippen LogP contribution in [0.2, 0.25) is 0 Å². The van der Waals surface area contributed by atoms with Crippen LogP contribution in [-0.2, 0) is 0 Å². The number of rotatable bonds is 8. The highest BCUT2D eigenvalue weighted by Gasteiger charge is 2.17. The van der Waals surface area contributed by atoms with Gasteiger partial charge in [-0.25, -0.2) is 0 Å². The molecule has 2 atom stereocenters. The molecule has 0 spiro atoms. The highest BCUT2D eigenvalue weighted by Crippen LogP contribution is 2.18. The molecule has 0 aliphatic heterocycles. The molecule has 27 heavy (non-hydrogen) atoms. The van der Waals surface area contributed by atoms with Gasteiger partial charge in [-0.15, -0.1) is 24.0 Å². The van der Waals surface area contributed by atoms with Gasteiger partial charge < -0.3 is 19.8 Å². The molecular weight excluding hydrogens is 455 g/mol. The molecule has 0 saturated carbocycles. The van der Waals surface area contributed by atoms with Crippen molar-refractivity contribution in [1.29, 1.82) is 0 Å².